The zero-order valence-electron chi connectivity index (χ0n) is 14.6. The van der Waals surface area contributed by atoms with Gasteiger partial charge >= 0.3 is 0 Å². The normalized spacial score (nSPS) is 13.9. The van der Waals surface area contributed by atoms with Crippen molar-refractivity contribution in [3.05, 3.63) is 54.2 Å². The average molecular weight is 400 g/mol. The van der Waals surface area contributed by atoms with Crippen LogP contribution in [0.3, 0.4) is 0 Å². The first-order chi connectivity index (χ1) is 13.5. The molecule has 0 saturated carbocycles. The maximum absolute atomic E-state index is 14.0. The predicted molar refractivity (Wildman–Crippen MR) is 104 cm³/mol. The zero-order valence-corrected chi connectivity index (χ0v) is 15.3. The monoisotopic (exact) mass is 399 g/mol. The predicted octanol–water partition coefficient (Wildman–Crippen LogP) is 2.76. The fourth-order valence-corrected chi connectivity index (χ4v) is 2.97. The maximum Gasteiger partial charge on any atom is 0.246 e. The lowest BCUT2D eigenvalue weighted by atomic mass is 10.1. The number of nitrogens with zero attached hydrogens (tertiary/aromatic N) is 5. The van der Waals surface area contributed by atoms with E-state index in [1.165, 1.54) is 30.6 Å². The largest absolute Gasteiger partial charge is 0.348 e. The molecule has 1 aliphatic heterocycles. The second-order valence-corrected chi connectivity index (χ2v) is 6.62. The molecule has 3 heterocycles. The lowest BCUT2D eigenvalue weighted by molar-refractivity contribution is -0.129. The Balaban J connectivity index is 1.57. The number of anilines is 3. The molecule has 0 radical (unpaired) electrons. The van der Waals surface area contributed by atoms with E-state index in [1.807, 2.05) is 0 Å². The van der Waals surface area contributed by atoms with E-state index in [4.69, 9.17) is 11.6 Å². The van der Waals surface area contributed by atoms with Crippen LogP contribution >= 0.6 is 11.6 Å². The molecule has 28 heavy (non-hydrogen) atoms. The molecule has 1 aliphatic rings. The summed E-state index contributed by atoms with van der Waals surface area (Å²) >= 11 is 5.94. The summed E-state index contributed by atoms with van der Waals surface area (Å²) in [5, 5.41) is 6.46. The third-order valence-electron chi connectivity index (χ3n) is 4.26. The second kappa shape index (κ2) is 7.35. The van der Waals surface area contributed by atoms with Gasteiger partial charge in [0.1, 0.15) is 23.2 Å². The number of benzene rings is 1. The van der Waals surface area contributed by atoms with Crippen molar-refractivity contribution in [2.75, 3.05) is 23.7 Å². The van der Waals surface area contributed by atoms with Gasteiger partial charge in [0.15, 0.2) is 5.82 Å². The number of hydrogen-bond donors (Lipinski definition) is 2. The lowest BCUT2D eigenvalue weighted by Crippen LogP contribution is -2.56. The van der Waals surface area contributed by atoms with E-state index >= 15 is 0 Å². The van der Waals surface area contributed by atoms with Gasteiger partial charge in [0, 0.05) is 18.1 Å². The number of fused-ring (bicyclic) bond motifs is 1. The molecule has 0 bridgehead atoms. The number of hydrogen-bond acceptors (Lipinski definition) is 7. The van der Waals surface area contributed by atoms with Gasteiger partial charge in [0.25, 0.3) is 0 Å². The van der Waals surface area contributed by atoms with Crippen molar-refractivity contribution in [3.8, 4) is 0 Å². The van der Waals surface area contributed by atoms with Gasteiger partial charge in [-0.05, 0) is 24.3 Å². The van der Waals surface area contributed by atoms with Crippen LogP contribution in [0.15, 0.2) is 43.4 Å². The Kier molecular flexibility index (Phi) is 4.74. The number of rotatable bonds is 5. The van der Waals surface area contributed by atoms with Gasteiger partial charge in [-0.3, -0.25) is 4.79 Å². The number of likely N-dealkylation sites (tertiary alicyclic amines) is 1. The molecule has 1 amide bonds. The molecule has 1 aromatic carbocycles. The Bertz CT molecular complexity index is 1070. The number of amides is 1. The van der Waals surface area contributed by atoms with Gasteiger partial charge in [-0.2, -0.15) is 0 Å². The van der Waals surface area contributed by atoms with E-state index < -0.39 is 5.82 Å². The number of aromatic nitrogens is 4. The van der Waals surface area contributed by atoms with Crippen molar-refractivity contribution in [2.45, 2.75) is 6.04 Å². The molecule has 0 spiro atoms. The maximum atomic E-state index is 14.0. The smallest absolute Gasteiger partial charge is 0.246 e. The quantitative estimate of drug-likeness (QED) is 0.637. The highest BCUT2D eigenvalue weighted by atomic mass is 35.5. The van der Waals surface area contributed by atoms with Crippen molar-refractivity contribution < 1.29 is 9.18 Å². The molecule has 1 saturated heterocycles. The van der Waals surface area contributed by atoms with Crippen molar-refractivity contribution in [1.29, 1.82) is 0 Å². The molecular formula is C18H15ClFN7O. The molecule has 8 nitrogen and oxygen atoms in total. The SMILES string of the molecule is C=CC(=O)N1CC(Nc2ncc3ncnc(Nc4cc(Cl)ccc4F)c3n2)C1. The van der Waals surface area contributed by atoms with E-state index in [2.05, 4.69) is 37.1 Å². The molecular weight excluding hydrogens is 385 g/mol. The molecule has 1 fully saturated rings. The second-order valence-electron chi connectivity index (χ2n) is 6.19. The summed E-state index contributed by atoms with van der Waals surface area (Å²) in [6.45, 7) is 4.55. The van der Waals surface area contributed by atoms with Gasteiger partial charge < -0.3 is 15.5 Å². The van der Waals surface area contributed by atoms with Gasteiger partial charge in [0.05, 0.1) is 17.9 Å². The third-order valence-corrected chi connectivity index (χ3v) is 4.50. The highest BCUT2D eigenvalue weighted by Crippen LogP contribution is 2.26. The fraction of sp³-hybridized carbons (Fsp3) is 0.167. The topological polar surface area (TPSA) is 95.9 Å². The van der Waals surface area contributed by atoms with Gasteiger partial charge in [-0.25, -0.2) is 24.3 Å². The van der Waals surface area contributed by atoms with Crippen LogP contribution in [0.5, 0.6) is 0 Å². The van der Waals surface area contributed by atoms with E-state index in [1.54, 1.807) is 11.1 Å². The third kappa shape index (κ3) is 3.56. The molecule has 4 rings (SSSR count). The Morgan fingerprint density at radius 3 is 2.93 bits per heavy atom. The fourth-order valence-electron chi connectivity index (χ4n) is 2.80. The molecule has 10 heteroatoms. The van der Waals surface area contributed by atoms with Crippen LogP contribution in [-0.4, -0.2) is 49.9 Å². The average Bonchev–Trinajstić information content (AvgIpc) is 2.67. The van der Waals surface area contributed by atoms with E-state index in [0.29, 0.717) is 40.9 Å². The number of carbonyl (C=O) groups is 1. The number of nitrogens with one attached hydrogen (secondary N) is 2. The van der Waals surface area contributed by atoms with Crippen LogP contribution in [0.4, 0.5) is 21.8 Å². The lowest BCUT2D eigenvalue weighted by Gasteiger charge is -2.38. The highest BCUT2D eigenvalue weighted by molar-refractivity contribution is 6.30. The molecule has 0 atom stereocenters. The highest BCUT2D eigenvalue weighted by Gasteiger charge is 2.29. The van der Waals surface area contributed by atoms with Crippen LogP contribution in [0.1, 0.15) is 0 Å². The molecule has 0 aliphatic carbocycles. The summed E-state index contributed by atoms with van der Waals surface area (Å²) in [6, 6.07) is 4.23. The van der Waals surface area contributed by atoms with Gasteiger partial charge in [-0.15, -0.1) is 0 Å². The van der Waals surface area contributed by atoms with E-state index in [-0.39, 0.29) is 17.6 Å². The minimum absolute atomic E-state index is 0.0350. The van der Waals surface area contributed by atoms with Gasteiger partial charge in [-0.1, -0.05) is 18.2 Å². The Morgan fingerprint density at radius 2 is 2.14 bits per heavy atom. The minimum atomic E-state index is -0.468. The van der Waals surface area contributed by atoms with Crippen LogP contribution < -0.4 is 10.6 Å². The summed E-state index contributed by atoms with van der Waals surface area (Å²) < 4.78 is 14.0. The molecule has 2 N–H and O–H groups in total. The number of carbonyl (C=O) groups excluding carboxylic acids is 1. The van der Waals surface area contributed by atoms with Crippen molar-refractivity contribution in [2.24, 2.45) is 0 Å². The first-order valence-electron chi connectivity index (χ1n) is 8.41. The molecule has 3 aromatic rings. The summed E-state index contributed by atoms with van der Waals surface area (Å²) in [7, 11) is 0. The molecule has 0 unspecified atom stereocenters. The first-order valence-corrected chi connectivity index (χ1v) is 8.79. The van der Waals surface area contributed by atoms with E-state index in [0.717, 1.165) is 0 Å². The number of halogens is 2. The Hall–Kier alpha value is -3.33. The van der Waals surface area contributed by atoms with E-state index in [9.17, 15) is 9.18 Å². The van der Waals surface area contributed by atoms with Crippen LogP contribution in [0, 0.1) is 5.82 Å². The Morgan fingerprint density at radius 1 is 1.32 bits per heavy atom. The summed E-state index contributed by atoms with van der Waals surface area (Å²) in [5.41, 5.74) is 1.11. The van der Waals surface area contributed by atoms with Crippen molar-refractivity contribution in [3.63, 3.8) is 0 Å². The summed E-state index contributed by atoms with van der Waals surface area (Å²) in [4.78, 5) is 30.2. The molecule has 142 valence electrons. The first kappa shape index (κ1) is 18.1. The van der Waals surface area contributed by atoms with Crippen molar-refractivity contribution >= 4 is 46.0 Å². The summed E-state index contributed by atoms with van der Waals surface area (Å²) in [5.74, 6) is 0.118. The van der Waals surface area contributed by atoms with Crippen LogP contribution in [0.25, 0.3) is 11.0 Å². The Labute approximate surface area is 164 Å². The van der Waals surface area contributed by atoms with Crippen molar-refractivity contribution in [1.82, 2.24) is 24.8 Å². The van der Waals surface area contributed by atoms with Crippen LogP contribution in [0.2, 0.25) is 5.02 Å². The van der Waals surface area contributed by atoms with Crippen LogP contribution in [-0.2, 0) is 4.79 Å². The summed E-state index contributed by atoms with van der Waals surface area (Å²) in [6.07, 6.45) is 4.18. The zero-order chi connectivity index (χ0) is 19.7. The standard InChI is InChI=1S/C18H15ClFN7O/c1-2-15(28)27-7-11(8-27)24-18-21-6-14-16(26-18)17(23-9-22-14)25-13-5-10(19)3-4-12(13)20/h2-6,9,11H,1,7-8H2,(H,21,24,26)(H,22,23,25). The van der Waals surface area contributed by atoms with Gasteiger partial charge in [0.2, 0.25) is 11.9 Å². The molecule has 2 aromatic heterocycles. The minimum Gasteiger partial charge on any atom is -0.348 e.